The third-order valence-corrected chi connectivity index (χ3v) is 3.80. The normalized spacial score (nSPS) is 11.1. The van der Waals surface area contributed by atoms with Crippen molar-refractivity contribution in [3.05, 3.63) is 25.9 Å². The van der Waals surface area contributed by atoms with Crippen LogP contribution < -0.4 is 0 Å². The molecule has 1 aromatic carbocycles. The summed E-state index contributed by atoms with van der Waals surface area (Å²) >= 11 is 5.78. The van der Waals surface area contributed by atoms with Crippen molar-refractivity contribution in [1.82, 2.24) is 9.78 Å². The largest absolute Gasteiger partial charge is 0.267 e. The smallest absolute Gasteiger partial charge is 0.131 e. The highest BCUT2D eigenvalue weighted by Gasteiger charge is 2.09. The molecule has 0 saturated carbocycles. The first-order valence-corrected chi connectivity index (χ1v) is 5.75. The van der Waals surface area contributed by atoms with Crippen LogP contribution in [0.15, 0.2) is 16.6 Å². The van der Waals surface area contributed by atoms with E-state index in [1.165, 1.54) is 16.5 Å². The molecule has 0 N–H and O–H groups in total. The zero-order valence-electron chi connectivity index (χ0n) is 7.31. The molecule has 2 aromatic rings. The number of hydrogen-bond donors (Lipinski definition) is 0. The molecule has 0 amide bonds. The molecule has 0 spiro atoms. The Hall–Kier alpha value is -0.100. The molecule has 2 rings (SSSR count). The highest BCUT2D eigenvalue weighted by Crippen LogP contribution is 2.27. The molecule has 1 heterocycles. The van der Waals surface area contributed by atoms with Gasteiger partial charge in [0.1, 0.15) is 3.70 Å². The minimum absolute atomic E-state index is 1.06. The van der Waals surface area contributed by atoms with Gasteiger partial charge in [0.2, 0.25) is 0 Å². The number of rotatable bonds is 0. The molecule has 0 unspecified atom stereocenters. The fraction of sp³-hybridized carbons (Fsp3) is 0.222. The van der Waals surface area contributed by atoms with E-state index in [0.29, 0.717) is 0 Å². The Morgan fingerprint density at radius 1 is 1.46 bits per heavy atom. The molecule has 0 aliphatic carbocycles. The molecule has 0 saturated heterocycles. The van der Waals surface area contributed by atoms with E-state index in [9.17, 15) is 0 Å². The van der Waals surface area contributed by atoms with Crippen molar-refractivity contribution >= 4 is 49.4 Å². The van der Waals surface area contributed by atoms with Crippen LogP contribution in [0.1, 0.15) is 5.56 Å². The first-order chi connectivity index (χ1) is 6.11. The highest BCUT2D eigenvalue weighted by molar-refractivity contribution is 14.1. The maximum absolute atomic E-state index is 4.37. The Kier molecular flexibility index (Phi) is 2.35. The Balaban J connectivity index is 2.98. The van der Waals surface area contributed by atoms with Gasteiger partial charge in [0, 0.05) is 16.9 Å². The summed E-state index contributed by atoms with van der Waals surface area (Å²) in [6, 6.07) is 4.17. The topological polar surface area (TPSA) is 17.8 Å². The van der Waals surface area contributed by atoms with Crippen LogP contribution in [0.2, 0.25) is 0 Å². The lowest BCUT2D eigenvalue weighted by molar-refractivity contribution is 0.785. The van der Waals surface area contributed by atoms with Gasteiger partial charge in [0.25, 0.3) is 0 Å². The van der Waals surface area contributed by atoms with Crippen LogP contribution in [0.4, 0.5) is 0 Å². The van der Waals surface area contributed by atoms with E-state index < -0.39 is 0 Å². The molecule has 0 aliphatic heterocycles. The van der Waals surface area contributed by atoms with Gasteiger partial charge in [-0.1, -0.05) is 15.9 Å². The van der Waals surface area contributed by atoms with E-state index in [2.05, 4.69) is 62.7 Å². The van der Waals surface area contributed by atoms with Crippen LogP contribution in [0.3, 0.4) is 0 Å². The standard InChI is InChI=1S/C9H8BrIN2/c1-5-7(10)4-3-6-8(5)13(2)12-9(6)11/h3-4H,1-2H3. The predicted octanol–water partition coefficient (Wildman–Crippen LogP) is 3.25. The monoisotopic (exact) mass is 350 g/mol. The van der Waals surface area contributed by atoms with Crippen LogP contribution >= 0.6 is 38.5 Å². The Labute approximate surface area is 98.6 Å². The van der Waals surface area contributed by atoms with Crippen LogP contribution in [-0.2, 0) is 7.05 Å². The molecule has 1 aromatic heterocycles. The van der Waals surface area contributed by atoms with Gasteiger partial charge in [0.15, 0.2) is 0 Å². The number of halogens is 2. The van der Waals surface area contributed by atoms with Crippen molar-refractivity contribution in [1.29, 1.82) is 0 Å². The summed E-state index contributed by atoms with van der Waals surface area (Å²) < 4.78 is 4.13. The van der Waals surface area contributed by atoms with Crippen LogP contribution in [0, 0.1) is 10.6 Å². The Morgan fingerprint density at radius 2 is 2.15 bits per heavy atom. The third kappa shape index (κ3) is 1.40. The van der Waals surface area contributed by atoms with Crippen molar-refractivity contribution in [2.24, 2.45) is 7.05 Å². The summed E-state index contributed by atoms with van der Waals surface area (Å²) in [6.07, 6.45) is 0. The predicted molar refractivity (Wildman–Crippen MR) is 65.9 cm³/mol. The summed E-state index contributed by atoms with van der Waals surface area (Å²) in [5.41, 5.74) is 2.45. The van der Waals surface area contributed by atoms with Gasteiger partial charge in [-0.2, -0.15) is 5.10 Å². The quantitative estimate of drug-likeness (QED) is 0.667. The van der Waals surface area contributed by atoms with E-state index in [-0.39, 0.29) is 0 Å². The number of aromatic nitrogens is 2. The van der Waals surface area contributed by atoms with Crippen molar-refractivity contribution in [3.8, 4) is 0 Å². The van der Waals surface area contributed by atoms with Crippen molar-refractivity contribution in [2.75, 3.05) is 0 Å². The molecule has 13 heavy (non-hydrogen) atoms. The minimum Gasteiger partial charge on any atom is -0.267 e. The molecule has 2 nitrogen and oxygen atoms in total. The molecular weight excluding hydrogens is 343 g/mol. The molecule has 0 atom stereocenters. The minimum atomic E-state index is 1.06. The Morgan fingerprint density at radius 3 is 2.85 bits per heavy atom. The molecule has 0 radical (unpaired) electrons. The maximum Gasteiger partial charge on any atom is 0.131 e. The third-order valence-electron chi connectivity index (χ3n) is 2.15. The number of hydrogen-bond acceptors (Lipinski definition) is 1. The lowest BCUT2D eigenvalue weighted by Gasteiger charge is -2.01. The average Bonchev–Trinajstić information content (AvgIpc) is 2.35. The molecule has 0 fully saturated rings. The molecule has 0 bridgehead atoms. The number of aryl methyl sites for hydroxylation is 2. The van der Waals surface area contributed by atoms with Crippen LogP contribution in [0.5, 0.6) is 0 Å². The molecule has 68 valence electrons. The van der Waals surface area contributed by atoms with Gasteiger partial charge in [-0.15, -0.1) is 0 Å². The van der Waals surface area contributed by atoms with Gasteiger partial charge in [-0.25, -0.2) is 0 Å². The lowest BCUT2D eigenvalue weighted by Crippen LogP contribution is -1.91. The summed E-state index contributed by atoms with van der Waals surface area (Å²) in [4.78, 5) is 0. The average molecular weight is 351 g/mol. The van der Waals surface area contributed by atoms with E-state index >= 15 is 0 Å². The van der Waals surface area contributed by atoms with E-state index in [4.69, 9.17) is 0 Å². The lowest BCUT2D eigenvalue weighted by atomic mass is 10.2. The van der Waals surface area contributed by atoms with Gasteiger partial charge >= 0.3 is 0 Å². The fourth-order valence-corrected chi connectivity index (χ4v) is 2.57. The van der Waals surface area contributed by atoms with E-state index in [1.54, 1.807) is 0 Å². The summed E-state index contributed by atoms with van der Waals surface area (Å²) in [6.45, 7) is 2.10. The first kappa shape index (κ1) is 9.45. The maximum atomic E-state index is 4.37. The fourth-order valence-electron chi connectivity index (χ4n) is 1.49. The second-order valence-electron chi connectivity index (χ2n) is 2.98. The second-order valence-corrected chi connectivity index (χ2v) is 4.86. The SMILES string of the molecule is Cc1c(Br)ccc2c(I)nn(C)c12. The van der Waals surface area contributed by atoms with Crippen molar-refractivity contribution < 1.29 is 0 Å². The number of nitrogens with zero attached hydrogens (tertiary/aromatic N) is 2. The highest BCUT2D eigenvalue weighted by atomic mass is 127. The zero-order valence-corrected chi connectivity index (χ0v) is 11.0. The van der Waals surface area contributed by atoms with Crippen LogP contribution in [-0.4, -0.2) is 9.78 Å². The summed E-state index contributed by atoms with van der Waals surface area (Å²) in [7, 11) is 1.98. The molecule has 4 heteroatoms. The van der Waals surface area contributed by atoms with Gasteiger partial charge in [-0.3, -0.25) is 4.68 Å². The van der Waals surface area contributed by atoms with Crippen molar-refractivity contribution in [3.63, 3.8) is 0 Å². The molecular formula is C9H8BrIN2. The zero-order chi connectivity index (χ0) is 9.59. The first-order valence-electron chi connectivity index (χ1n) is 3.88. The van der Waals surface area contributed by atoms with Gasteiger partial charge in [0.05, 0.1) is 5.52 Å². The van der Waals surface area contributed by atoms with Crippen LogP contribution in [0.25, 0.3) is 10.9 Å². The van der Waals surface area contributed by atoms with Gasteiger partial charge in [-0.05, 0) is 47.2 Å². The molecule has 0 aliphatic rings. The van der Waals surface area contributed by atoms with Crippen molar-refractivity contribution in [2.45, 2.75) is 6.92 Å². The number of benzene rings is 1. The Bertz CT molecular complexity index is 476. The van der Waals surface area contributed by atoms with E-state index in [1.807, 2.05) is 11.7 Å². The second kappa shape index (κ2) is 3.24. The van der Waals surface area contributed by atoms with Gasteiger partial charge < -0.3 is 0 Å². The number of fused-ring (bicyclic) bond motifs is 1. The summed E-state index contributed by atoms with van der Waals surface area (Å²) in [5.74, 6) is 0. The summed E-state index contributed by atoms with van der Waals surface area (Å²) in [5, 5.41) is 5.60. The van der Waals surface area contributed by atoms with E-state index in [0.717, 1.165) is 8.17 Å².